The third-order valence-electron chi connectivity index (χ3n) is 5.73. The number of fused-ring (bicyclic) bond motifs is 2. The summed E-state index contributed by atoms with van der Waals surface area (Å²) < 4.78 is 5.95. The van der Waals surface area contributed by atoms with Crippen molar-refractivity contribution in [2.75, 3.05) is 11.9 Å². The number of nitrogens with one attached hydrogen (secondary N) is 2. The fourth-order valence-corrected chi connectivity index (χ4v) is 4.74. The smallest absolute Gasteiger partial charge is 0.320 e. The molecule has 0 unspecified atom stereocenters. The zero-order valence-electron chi connectivity index (χ0n) is 13.0. The summed E-state index contributed by atoms with van der Waals surface area (Å²) in [7, 11) is 0. The predicted octanol–water partition coefficient (Wildman–Crippen LogP) is 2.86. The summed E-state index contributed by atoms with van der Waals surface area (Å²) in [6, 6.07) is 3.90. The first kappa shape index (κ1) is 14.0. The Kier molecular flexibility index (Phi) is 3.33. The Morgan fingerprint density at radius 3 is 2.91 bits per heavy atom. The molecule has 1 aromatic rings. The average molecular weight is 301 g/mol. The van der Waals surface area contributed by atoms with Crippen molar-refractivity contribution < 1.29 is 9.53 Å². The van der Waals surface area contributed by atoms with E-state index in [2.05, 4.69) is 15.6 Å². The molecular weight excluding hydrogens is 278 g/mol. The molecule has 3 fully saturated rings. The number of carbonyl (C=O) groups is 1. The lowest BCUT2D eigenvalue weighted by atomic mass is 9.54. The summed E-state index contributed by atoms with van der Waals surface area (Å²) in [6.45, 7) is 2.83. The standard InChI is InChI=1S/C17H23N3O2/c1-11-4-5-13(18-10-11)19-16(21)20-14-12-6-9-22-15(12)17(14)7-2-3-8-17/h4-5,10,12,14-15H,2-3,6-9H2,1H3,(H2,18,19,20,21)/t12-,14+,15-/m0/s1. The molecule has 0 radical (unpaired) electrons. The van der Waals surface area contributed by atoms with Crippen molar-refractivity contribution in [3.63, 3.8) is 0 Å². The highest BCUT2D eigenvalue weighted by Crippen LogP contribution is 2.60. The Hall–Kier alpha value is -1.62. The van der Waals surface area contributed by atoms with Crippen molar-refractivity contribution in [2.24, 2.45) is 11.3 Å². The van der Waals surface area contributed by atoms with E-state index in [1.807, 2.05) is 19.1 Å². The van der Waals surface area contributed by atoms with Crippen LogP contribution in [0.4, 0.5) is 10.6 Å². The van der Waals surface area contributed by atoms with Gasteiger partial charge in [-0.05, 0) is 37.8 Å². The Morgan fingerprint density at radius 1 is 1.36 bits per heavy atom. The molecule has 0 bridgehead atoms. The van der Waals surface area contributed by atoms with E-state index in [0.29, 0.717) is 17.8 Å². The molecule has 2 aliphatic carbocycles. The van der Waals surface area contributed by atoms with Crippen LogP contribution in [0.5, 0.6) is 0 Å². The number of urea groups is 1. The van der Waals surface area contributed by atoms with Crippen molar-refractivity contribution >= 4 is 11.8 Å². The molecule has 1 aromatic heterocycles. The van der Waals surface area contributed by atoms with E-state index >= 15 is 0 Å². The van der Waals surface area contributed by atoms with Crippen LogP contribution in [0.3, 0.4) is 0 Å². The van der Waals surface area contributed by atoms with Crippen LogP contribution in [0.1, 0.15) is 37.7 Å². The molecule has 118 valence electrons. The number of ether oxygens (including phenoxy) is 1. The number of hydrogen-bond acceptors (Lipinski definition) is 3. The van der Waals surface area contributed by atoms with Gasteiger partial charge in [-0.3, -0.25) is 5.32 Å². The number of anilines is 1. The lowest BCUT2D eigenvalue weighted by Crippen LogP contribution is -2.68. The summed E-state index contributed by atoms with van der Waals surface area (Å²) in [5, 5.41) is 6.07. The minimum absolute atomic E-state index is 0.141. The first-order chi connectivity index (χ1) is 10.7. The monoisotopic (exact) mass is 301 g/mol. The van der Waals surface area contributed by atoms with E-state index in [-0.39, 0.29) is 17.5 Å². The first-order valence-electron chi connectivity index (χ1n) is 8.31. The number of aryl methyl sites for hydroxylation is 1. The van der Waals surface area contributed by atoms with Crippen LogP contribution >= 0.6 is 0 Å². The molecule has 1 saturated heterocycles. The molecule has 3 atom stereocenters. The molecule has 3 aliphatic rings. The molecule has 22 heavy (non-hydrogen) atoms. The minimum Gasteiger partial charge on any atom is -0.377 e. The minimum atomic E-state index is -0.141. The summed E-state index contributed by atoms with van der Waals surface area (Å²) in [4.78, 5) is 16.6. The second kappa shape index (κ2) is 5.23. The molecule has 2 N–H and O–H groups in total. The number of hydrogen-bond donors (Lipinski definition) is 2. The van der Waals surface area contributed by atoms with Gasteiger partial charge in [0, 0.05) is 30.2 Å². The van der Waals surface area contributed by atoms with Gasteiger partial charge in [0.05, 0.1) is 6.10 Å². The molecule has 5 nitrogen and oxygen atoms in total. The highest BCUT2D eigenvalue weighted by Gasteiger charge is 2.65. The number of nitrogens with zero attached hydrogens (tertiary/aromatic N) is 1. The SMILES string of the molecule is Cc1ccc(NC(=O)N[C@@H]2[C@@H]3CCO[C@@H]3C23CCCC3)nc1. The van der Waals surface area contributed by atoms with Gasteiger partial charge in [-0.1, -0.05) is 18.9 Å². The number of aromatic nitrogens is 1. The zero-order valence-corrected chi connectivity index (χ0v) is 13.0. The maximum atomic E-state index is 12.3. The quantitative estimate of drug-likeness (QED) is 0.883. The van der Waals surface area contributed by atoms with Crippen molar-refractivity contribution in [3.8, 4) is 0 Å². The predicted molar refractivity (Wildman–Crippen MR) is 83.7 cm³/mol. The number of amides is 2. The second-order valence-electron chi connectivity index (χ2n) is 6.98. The first-order valence-corrected chi connectivity index (χ1v) is 8.31. The Morgan fingerprint density at radius 2 is 2.18 bits per heavy atom. The van der Waals surface area contributed by atoms with Gasteiger partial charge >= 0.3 is 6.03 Å². The number of carbonyl (C=O) groups excluding carboxylic acids is 1. The normalized spacial score (nSPS) is 31.6. The number of pyridine rings is 1. The summed E-state index contributed by atoms with van der Waals surface area (Å²) in [5.41, 5.74) is 1.28. The molecule has 4 rings (SSSR count). The molecule has 5 heteroatoms. The Bertz CT molecular complexity index is 566. The van der Waals surface area contributed by atoms with Crippen LogP contribution in [0.2, 0.25) is 0 Å². The average Bonchev–Trinajstić information content (AvgIpc) is 3.15. The molecular formula is C17H23N3O2. The summed E-state index contributed by atoms with van der Waals surface area (Å²) in [5.74, 6) is 1.09. The van der Waals surface area contributed by atoms with Crippen molar-refractivity contribution in [1.29, 1.82) is 0 Å². The lowest BCUT2D eigenvalue weighted by molar-refractivity contribution is -0.125. The van der Waals surface area contributed by atoms with Gasteiger partial charge < -0.3 is 10.1 Å². The Labute approximate surface area is 130 Å². The Balaban J connectivity index is 1.43. The van der Waals surface area contributed by atoms with Crippen LogP contribution < -0.4 is 10.6 Å². The van der Waals surface area contributed by atoms with E-state index in [1.165, 1.54) is 25.7 Å². The topological polar surface area (TPSA) is 63.2 Å². The van der Waals surface area contributed by atoms with Gasteiger partial charge in [-0.2, -0.15) is 0 Å². The molecule has 2 amide bonds. The molecule has 0 aromatic carbocycles. The largest absolute Gasteiger partial charge is 0.377 e. The fourth-order valence-electron chi connectivity index (χ4n) is 4.74. The van der Waals surface area contributed by atoms with Crippen molar-refractivity contribution in [3.05, 3.63) is 23.9 Å². The maximum Gasteiger partial charge on any atom is 0.320 e. The van der Waals surface area contributed by atoms with Gasteiger partial charge in [0.25, 0.3) is 0 Å². The van der Waals surface area contributed by atoms with Crippen LogP contribution in [-0.2, 0) is 4.74 Å². The van der Waals surface area contributed by atoms with E-state index in [1.54, 1.807) is 6.20 Å². The maximum absolute atomic E-state index is 12.3. The van der Waals surface area contributed by atoms with Gasteiger partial charge in [0.2, 0.25) is 0 Å². The van der Waals surface area contributed by atoms with E-state index < -0.39 is 0 Å². The fraction of sp³-hybridized carbons (Fsp3) is 0.647. The van der Waals surface area contributed by atoms with Gasteiger partial charge in [-0.15, -0.1) is 0 Å². The number of rotatable bonds is 2. The van der Waals surface area contributed by atoms with E-state index in [0.717, 1.165) is 18.6 Å². The molecule has 1 spiro atoms. The third kappa shape index (κ3) is 2.10. The summed E-state index contributed by atoms with van der Waals surface area (Å²) in [6.07, 6.45) is 8.08. The third-order valence-corrected chi connectivity index (χ3v) is 5.73. The highest BCUT2D eigenvalue weighted by molar-refractivity contribution is 5.88. The van der Waals surface area contributed by atoms with Gasteiger partial charge in [-0.25, -0.2) is 9.78 Å². The highest BCUT2D eigenvalue weighted by atomic mass is 16.5. The van der Waals surface area contributed by atoms with Crippen LogP contribution in [0.25, 0.3) is 0 Å². The van der Waals surface area contributed by atoms with Gasteiger partial charge in [0.15, 0.2) is 0 Å². The zero-order chi connectivity index (χ0) is 15.2. The van der Waals surface area contributed by atoms with Gasteiger partial charge in [0.1, 0.15) is 5.82 Å². The molecule has 2 heterocycles. The van der Waals surface area contributed by atoms with Crippen molar-refractivity contribution in [2.45, 2.75) is 51.2 Å². The molecule has 2 saturated carbocycles. The van der Waals surface area contributed by atoms with E-state index in [4.69, 9.17) is 4.74 Å². The second-order valence-corrected chi connectivity index (χ2v) is 6.98. The van der Waals surface area contributed by atoms with Crippen LogP contribution in [0.15, 0.2) is 18.3 Å². The summed E-state index contributed by atoms with van der Waals surface area (Å²) >= 11 is 0. The lowest BCUT2D eigenvalue weighted by Gasteiger charge is -2.56. The van der Waals surface area contributed by atoms with Crippen LogP contribution in [0, 0.1) is 18.3 Å². The van der Waals surface area contributed by atoms with Crippen LogP contribution in [-0.4, -0.2) is 29.8 Å². The molecule has 1 aliphatic heterocycles. The van der Waals surface area contributed by atoms with E-state index in [9.17, 15) is 4.79 Å². The van der Waals surface area contributed by atoms with Crippen molar-refractivity contribution in [1.82, 2.24) is 10.3 Å².